The number of hydrogen-bond donors (Lipinski definition) is 3. The summed E-state index contributed by atoms with van der Waals surface area (Å²) in [5.74, 6) is -1.27. The summed E-state index contributed by atoms with van der Waals surface area (Å²) in [5.41, 5.74) is 6.15. The van der Waals surface area contributed by atoms with Crippen LogP contribution in [0, 0.1) is 11.6 Å². The molecule has 0 heterocycles. The van der Waals surface area contributed by atoms with Crippen molar-refractivity contribution >= 4 is 0 Å². The van der Waals surface area contributed by atoms with Crippen molar-refractivity contribution in [3.63, 3.8) is 0 Å². The van der Waals surface area contributed by atoms with Gasteiger partial charge in [-0.1, -0.05) is 0 Å². The number of rotatable bonds is 5. The minimum atomic E-state index is -0.740. The number of likely N-dealkylation sites (N-methyl/N-ethyl adjacent to an activating group) is 1. The lowest BCUT2D eigenvalue weighted by atomic mass is 10.0. The Bertz CT molecular complexity index is 327. The quantitative estimate of drug-likeness (QED) is 0.687. The van der Waals surface area contributed by atoms with Crippen LogP contribution in [0.5, 0.6) is 0 Å². The summed E-state index contributed by atoms with van der Waals surface area (Å²) >= 11 is 0. The standard InChI is InChI=1S/C11H16F2N2O/c1-15-6-11(16)10(14)4-7-2-8(12)5-9(13)3-7/h2-3,5,10-11,15-16H,4,6,14H2,1H3. The van der Waals surface area contributed by atoms with Gasteiger partial charge in [-0.3, -0.25) is 0 Å². The van der Waals surface area contributed by atoms with Crippen LogP contribution in [0.2, 0.25) is 0 Å². The molecule has 2 atom stereocenters. The van der Waals surface area contributed by atoms with Crippen LogP contribution in [0.4, 0.5) is 8.78 Å². The van der Waals surface area contributed by atoms with Crippen molar-refractivity contribution in [2.45, 2.75) is 18.6 Å². The highest BCUT2D eigenvalue weighted by atomic mass is 19.1. The zero-order chi connectivity index (χ0) is 12.1. The highest BCUT2D eigenvalue weighted by Crippen LogP contribution is 2.10. The molecule has 0 amide bonds. The number of aliphatic hydroxyl groups excluding tert-OH is 1. The topological polar surface area (TPSA) is 58.3 Å². The van der Waals surface area contributed by atoms with Gasteiger partial charge in [0, 0.05) is 18.7 Å². The summed E-state index contributed by atoms with van der Waals surface area (Å²) < 4.78 is 25.7. The van der Waals surface area contributed by atoms with Crippen molar-refractivity contribution in [2.24, 2.45) is 5.73 Å². The van der Waals surface area contributed by atoms with Crippen LogP contribution in [0.15, 0.2) is 18.2 Å². The molecule has 0 saturated heterocycles. The summed E-state index contributed by atoms with van der Waals surface area (Å²) in [6, 6.07) is 2.69. The lowest BCUT2D eigenvalue weighted by Gasteiger charge is -2.18. The van der Waals surface area contributed by atoms with Crippen LogP contribution in [-0.4, -0.2) is 30.8 Å². The zero-order valence-corrected chi connectivity index (χ0v) is 9.08. The van der Waals surface area contributed by atoms with E-state index in [1.807, 2.05) is 0 Å². The van der Waals surface area contributed by atoms with Gasteiger partial charge in [-0.25, -0.2) is 8.78 Å². The van der Waals surface area contributed by atoms with Gasteiger partial charge in [0.1, 0.15) is 11.6 Å². The number of halogens is 2. The van der Waals surface area contributed by atoms with Gasteiger partial charge in [-0.05, 0) is 31.2 Å². The number of nitrogens with one attached hydrogen (secondary N) is 1. The second-order valence-corrected chi connectivity index (χ2v) is 3.77. The molecule has 0 saturated carbocycles. The van der Waals surface area contributed by atoms with E-state index in [0.717, 1.165) is 6.07 Å². The first kappa shape index (κ1) is 13.0. The Morgan fingerprint density at radius 3 is 2.38 bits per heavy atom. The summed E-state index contributed by atoms with van der Waals surface area (Å²) in [6.45, 7) is 0.346. The van der Waals surface area contributed by atoms with Crippen molar-refractivity contribution in [3.8, 4) is 0 Å². The Balaban J connectivity index is 2.65. The van der Waals surface area contributed by atoms with Gasteiger partial charge in [-0.2, -0.15) is 0 Å². The van der Waals surface area contributed by atoms with Crippen LogP contribution in [0.3, 0.4) is 0 Å². The molecule has 0 spiro atoms. The largest absolute Gasteiger partial charge is 0.390 e. The van der Waals surface area contributed by atoms with E-state index in [9.17, 15) is 13.9 Å². The molecule has 2 unspecified atom stereocenters. The predicted molar refractivity (Wildman–Crippen MR) is 58.0 cm³/mol. The van der Waals surface area contributed by atoms with Crippen molar-refractivity contribution in [1.82, 2.24) is 5.32 Å². The molecule has 90 valence electrons. The van der Waals surface area contributed by atoms with Crippen LogP contribution >= 0.6 is 0 Å². The molecule has 0 fully saturated rings. The fourth-order valence-corrected chi connectivity index (χ4v) is 1.50. The maximum atomic E-state index is 12.9. The molecule has 0 aromatic heterocycles. The van der Waals surface area contributed by atoms with E-state index in [-0.39, 0.29) is 6.42 Å². The Labute approximate surface area is 93.3 Å². The predicted octanol–water partition coefficient (Wildman–Crippen LogP) is 0.415. The molecule has 4 N–H and O–H groups in total. The Kier molecular flexibility index (Phi) is 4.79. The molecule has 0 radical (unpaired) electrons. The van der Waals surface area contributed by atoms with Gasteiger partial charge in [0.2, 0.25) is 0 Å². The second kappa shape index (κ2) is 5.89. The van der Waals surface area contributed by atoms with E-state index in [1.165, 1.54) is 12.1 Å². The molecule has 1 aromatic rings. The smallest absolute Gasteiger partial charge is 0.126 e. The monoisotopic (exact) mass is 230 g/mol. The number of hydrogen-bond acceptors (Lipinski definition) is 3. The van der Waals surface area contributed by atoms with Gasteiger partial charge in [0.25, 0.3) is 0 Å². The minimum absolute atomic E-state index is 0.234. The van der Waals surface area contributed by atoms with E-state index in [1.54, 1.807) is 7.05 Å². The first-order valence-electron chi connectivity index (χ1n) is 5.06. The van der Waals surface area contributed by atoms with E-state index >= 15 is 0 Å². The number of aliphatic hydroxyl groups is 1. The van der Waals surface area contributed by atoms with E-state index < -0.39 is 23.8 Å². The molecule has 16 heavy (non-hydrogen) atoms. The van der Waals surface area contributed by atoms with Crippen molar-refractivity contribution < 1.29 is 13.9 Å². The summed E-state index contributed by atoms with van der Waals surface area (Å²) in [7, 11) is 1.69. The molecule has 5 heteroatoms. The zero-order valence-electron chi connectivity index (χ0n) is 9.08. The number of benzene rings is 1. The fraction of sp³-hybridized carbons (Fsp3) is 0.455. The third-order valence-corrected chi connectivity index (χ3v) is 2.30. The van der Waals surface area contributed by atoms with Gasteiger partial charge >= 0.3 is 0 Å². The summed E-state index contributed by atoms with van der Waals surface area (Å²) in [6.07, 6.45) is -0.506. The fourth-order valence-electron chi connectivity index (χ4n) is 1.50. The lowest BCUT2D eigenvalue weighted by Crippen LogP contribution is -2.42. The molecular weight excluding hydrogens is 214 g/mol. The van der Waals surface area contributed by atoms with Gasteiger partial charge < -0.3 is 16.2 Å². The first-order valence-corrected chi connectivity index (χ1v) is 5.06. The molecule has 0 aliphatic heterocycles. The second-order valence-electron chi connectivity index (χ2n) is 3.77. The van der Waals surface area contributed by atoms with Crippen molar-refractivity contribution in [2.75, 3.05) is 13.6 Å². The van der Waals surface area contributed by atoms with E-state index in [0.29, 0.717) is 12.1 Å². The van der Waals surface area contributed by atoms with Gasteiger partial charge in [0.05, 0.1) is 6.10 Å². The first-order chi connectivity index (χ1) is 7.52. The minimum Gasteiger partial charge on any atom is -0.390 e. The highest BCUT2D eigenvalue weighted by Gasteiger charge is 2.15. The number of nitrogens with two attached hydrogens (primary N) is 1. The third-order valence-electron chi connectivity index (χ3n) is 2.30. The Morgan fingerprint density at radius 2 is 1.88 bits per heavy atom. The van der Waals surface area contributed by atoms with Crippen LogP contribution in [0.25, 0.3) is 0 Å². The van der Waals surface area contributed by atoms with Crippen molar-refractivity contribution in [1.29, 1.82) is 0 Å². The van der Waals surface area contributed by atoms with Crippen LogP contribution in [0.1, 0.15) is 5.56 Å². The molecule has 0 aliphatic carbocycles. The third kappa shape index (κ3) is 3.84. The lowest BCUT2D eigenvalue weighted by molar-refractivity contribution is 0.144. The molecule has 1 aromatic carbocycles. The SMILES string of the molecule is CNCC(O)C(N)Cc1cc(F)cc(F)c1. The van der Waals surface area contributed by atoms with Gasteiger partial charge in [-0.15, -0.1) is 0 Å². The Morgan fingerprint density at radius 1 is 1.31 bits per heavy atom. The molecular formula is C11H16F2N2O. The molecule has 0 aliphatic rings. The normalized spacial score (nSPS) is 14.8. The average Bonchev–Trinajstić information content (AvgIpc) is 2.16. The van der Waals surface area contributed by atoms with Crippen LogP contribution in [-0.2, 0) is 6.42 Å². The summed E-state index contributed by atoms with van der Waals surface area (Å²) in [4.78, 5) is 0. The maximum absolute atomic E-state index is 12.9. The molecule has 3 nitrogen and oxygen atoms in total. The van der Waals surface area contributed by atoms with E-state index in [4.69, 9.17) is 5.73 Å². The molecule has 1 rings (SSSR count). The molecule has 0 bridgehead atoms. The Hall–Kier alpha value is -1.04. The van der Waals surface area contributed by atoms with Crippen molar-refractivity contribution in [3.05, 3.63) is 35.4 Å². The van der Waals surface area contributed by atoms with E-state index in [2.05, 4.69) is 5.32 Å². The highest BCUT2D eigenvalue weighted by molar-refractivity contribution is 5.19. The van der Waals surface area contributed by atoms with Crippen LogP contribution < -0.4 is 11.1 Å². The summed E-state index contributed by atoms with van der Waals surface area (Å²) in [5, 5.41) is 12.3. The average molecular weight is 230 g/mol. The maximum Gasteiger partial charge on any atom is 0.126 e. The van der Waals surface area contributed by atoms with Gasteiger partial charge in [0.15, 0.2) is 0 Å².